The molecule has 0 saturated heterocycles. The van der Waals surface area contributed by atoms with Gasteiger partial charge in [-0.3, -0.25) is 9.59 Å². The van der Waals surface area contributed by atoms with Gasteiger partial charge in [-0.1, -0.05) is 48.5 Å². The highest BCUT2D eigenvalue weighted by molar-refractivity contribution is 5.99. The van der Waals surface area contributed by atoms with Gasteiger partial charge in [0, 0.05) is 24.6 Å². The number of amides is 2. The standard InChI is InChI=1S/C17H16N2O2/c1-12(20)18-16-14-9-5-6-10-15(14)17(21)19(16)11-13-7-3-2-4-8-13/h2-10,16H,11H2,1H3,(H,18,20)/t16-/m0/s1. The molecule has 0 aromatic heterocycles. The highest BCUT2D eigenvalue weighted by Gasteiger charge is 2.36. The molecule has 0 unspecified atom stereocenters. The van der Waals surface area contributed by atoms with Crippen LogP contribution in [0.5, 0.6) is 0 Å². The van der Waals surface area contributed by atoms with Gasteiger partial charge >= 0.3 is 0 Å². The van der Waals surface area contributed by atoms with Gasteiger partial charge in [0.05, 0.1) is 0 Å². The molecule has 1 heterocycles. The summed E-state index contributed by atoms with van der Waals surface area (Å²) in [6.45, 7) is 1.94. The Hall–Kier alpha value is -2.62. The van der Waals surface area contributed by atoms with Crippen LogP contribution in [-0.2, 0) is 11.3 Å². The third-order valence-corrected chi connectivity index (χ3v) is 3.59. The number of carbonyl (C=O) groups excluding carboxylic acids is 2. The van der Waals surface area contributed by atoms with Crippen LogP contribution in [0.2, 0.25) is 0 Å². The van der Waals surface area contributed by atoms with Gasteiger partial charge < -0.3 is 10.2 Å². The Bertz CT molecular complexity index is 682. The van der Waals surface area contributed by atoms with Gasteiger partial charge in [0.25, 0.3) is 5.91 Å². The van der Waals surface area contributed by atoms with Gasteiger partial charge in [-0.25, -0.2) is 0 Å². The number of rotatable bonds is 3. The fourth-order valence-electron chi connectivity index (χ4n) is 2.66. The maximum absolute atomic E-state index is 12.6. The molecule has 21 heavy (non-hydrogen) atoms. The fraction of sp³-hybridized carbons (Fsp3) is 0.176. The van der Waals surface area contributed by atoms with Gasteiger partial charge in [-0.2, -0.15) is 0 Å². The summed E-state index contributed by atoms with van der Waals surface area (Å²) in [5, 5.41) is 2.86. The van der Waals surface area contributed by atoms with Gasteiger partial charge in [0.15, 0.2) is 0 Å². The lowest BCUT2D eigenvalue weighted by Crippen LogP contribution is -2.38. The van der Waals surface area contributed by atoms with Gasteiger partial charge in [-0.05, 0) is 11.6 Å². The topological polar surface area (TPSA) is 49.4 Å². The number of fused-ring (bicyclic) bond motifs is 1. The average molecular weight is 280 g/mol. The molecule has 0 radical (unpaired) electrons. The number of hydrogen-bond acceptors (Lipinski definition) is 2. The van der Waals surface area contributed by atoms with Crippen molar-refractivity contribution in [3.63, 3.8) is 0 Å². The minimum atomic E-state index is -0.397. The molecular weight excluding hydrogens is 264 g/mol. The summed E-state index contributed by atoms with van der Waals surface area (Å²) in [5.74, 6) is -0.198. The van der Waals surface area contributed by atoms with Crippen LogP contribution in [0.1, 0.15) is 34.6 Å². The Morgan fingerprint density at radius 2 is 1.76 bits per heavy atom. The molecule has 106 valence electrons. The molecule has 0 saturated carbocycles. The SMILES string of the molecule is CC(=O)N[C@@H]1c2ccccc2C(=O)N1Cc1ccccc1. The second kappa shape index (κ2) is 5.40. The van der Waals surface area contributed by atoms with E-state index in [-0.39, 0.29) is 11.8 Å². The molecule has 2 aromatic rings. The van der Waals surface area contributed by atoms with Crippen LogP contribution in [0.25, 0.3) is 0 Å². The van der Waals surface area contributed by atoms with E-state index in [0.717, 1.165) is 11.1 Å². The molecule has 0 spiro atoms. The van der Waals surface area contributed by atoms with Crippen LogP contribution in [-0.4, -0.2) is 16.7 Å². The first-order valence-electron chi connectivity index (χ1n) is 6.88. The van der Waals surface area contributed by atoms with Crippen molar-refractivity contribution in [1.82, 2.24) is 10.2 Å². The third-order valence-electron chi connectivity index (χ3n) is 3.59. The van der Waals surface area contributed by atoms with Crippen molar-refractivity contribution in [1.29, 1.82) is 0 Å². The van der Waals surface area contributed by atoms with Gasteiger partial charge in [0.2, 0.25) is 5.91 Å². The summed E-state index contributed by atoms with van der Waals surface area (Å²) in [7, 11) is 0. The minimum Gasteiger partial charge on any atom is -0.332 e. The third kappa shape index (κ3) is 2.52. The highest BCUT2D eigenvalue weighted by atomic mass is 16.2. The number of hydrogen-bond donors (Lipinski definition) is 1. The minimum absolute atomic E-state index is 0.0480. The van der Waals surface area contributed by atoms with E-state index in [2.05, 4.69) is 5.32 Å². The van der Waals surface area contributed by atoms with Crippen molar-refractivity contribution in [2.75, 3.05) is 0 Å². The predicted molar refractivity (Wildman–Crippen MR) is 79.3 cm³/mol. The van der Waals surface area contributed by atoms with E-state index < -0.39 is 6.17 Å². The predicted octanol–water partition coefficient (Wildman–Crippen LogP) is 2.48. The van der Waals surface area contributed by atoms with E-state index in [1.54, 1.807) is 11.0 Å². The molecule has 0 fully saturated rings. The first kappa shape index (κ1) is 13.4. The zero-order chi connectivity index (χ0) is 14.8. The molecule has 4 nitrogen and oxygen atoms in total. The molecule has 0 aliphatic carbocycles. The van der Waals surface area contributed by atoms with Crippen molar-refractivity contribution in [3.05, 3.63) is 71.3 Å². The Kier molecular flexibility index (Phi) is 3.44. The van der Waals surface area contributed by atoms with Crippen LogP contribution in [0.15, 0.2) is 54.6 Å². The van der Waals surface area contributed by atoms with E-state index in [1.807, 2.05) is 48.5 Å². The first-order chi connectivity index (χ1) is 10.2. The number of carbonyl (C=O) groups is 2. The number of benzene rings is 2. The van der Waals surface area contributed by atoms with Crippen molar-refractivity contribution in [2.24, 2.45) is 0 Å². The maximum atomic E-state index is 12.6. The van der Waals surface area contributed by atoms with Crippen LogP contribution >= 0.6 is 0 Å². The van der Waals surface area contributed by atoms with E-state index in [0.29, 0.717) is 12.1 Å². The molecule has 1 aliphatic rings. The molecule has 2 amide bonds. The summed E-state index contributed by atoms with van der Waals surface area (Å²) >= 11 is 0. The highest BCUT2D eigenvalue weighted by Crippen LogP contribution is 2.32. The summed E-state index contributed by atoms with van der Waals surface area (Å²) in [6.07, 6.45) is -0.397. The van der Waals surface area contributed by atoms with E-state index in [4.69, 9.17) is 0 Å². The van der Waals surface area contributed by atoms with E-state index in [9.17, 15) is 9.59 Å². The second-order valence-electron chi connectivity index (χ2n) is 5.11. The van der Waals surface area contributed by atoms with Crippen molar-refractivity contribution >= 4 is 11.8 Å². The Balaban J connectivity index is 1.95. The summed E-state index contributed by atoms with van der Waals surface area (Å²) in [6, 6.07) is 17.2. The Morgan fingerprint density at radius 1 is 1.10 bits per heavy atom. The zero-order valence-corrected chi connectivity index (χ0v) is 11.7. The summed E-state index contributed by atoms with van der Waals surface area (Å²) in [4.78, 5) is 25.7. The first-order valence-corrected chi connectivity index (χ1v) is 6.88. The lowest BCUT2D eigenvalue weighted by molar-refractivity contribution is -0.120. The monoisotopic (exact) mass is 280 g/mol. The summed E-state index contributed by atoms with van der Waals surface area (Å²) < 4.78 is 0. The molecule has 3 rings (SSSR count). The second-order valence-corrected chi connectivity index (χ2v) is 5.11. The molecule has 0 bridgehead atoms. The Labute approximate surface area is 123 Å². The lowest BCUT2D eigenvalue weighted by Gasteiger charge is -2.25. The average Bonchev–Trinajstić information content (AvgIpc) is 2.74. The van der Waals surface area contributed by atoms with Gasteiger partial charge in [0.1, 0.15) is 6.17 Å². The molecular formula is C17H16N2O2. The smallest absolute Gasteiger partial charge is 0.256 e. The molecule has 1 atom stereocenters. The maximum Gasteiger partial charge on any atom is 0.256 e. The number of nitrogens with one attached hydrogen (secondary N) is 1. The Morgan fingerprint density at radius 3 is 2.48 bits per heavy atom. The van der Waals surface area contributed by atoms with Crippen LogP contribution in [0.4, 0.5) is 0 Å². The largest absolute Gasteiger partial charge is 0.332 e. The van der Waals surface area contributed by atoms with Crippen molar-refractivity contribution in [3.8, 4) is 0 Å². The van der Waals surface area contributed by atoms with E-state index in [1.165, 1.54) is 6.92 Å². The van der Waals surface area contributed by atoms with Crippen LogP contribution < -0.4 is 5.32 Å². The quantitative estimate of drug-likeness (QED) is 0.939. The van der Waals surface area contributed by atoms with Crippen molar-refractivity contribution < 1.29 is 9.59 Å². The van der Waals surface area contributed by atoms with E-state index >= 15 is 0 Å². The molecule has 2 aromatic carbocycles. The fourth-order valence-corrected chi connectivity index (χ4v) is 2.66. The molecule has 1 N–H and O–H groups in total. The van der Waals surface area contributed by atoms with Crippen LogP contribution in [0, 0.1) is 0 Å². The van der Waals surface area contributed by atoms with Gasteiger partial charge in [-0.15, -0.1) is 0 Å². The number of nitrogens with zero attached hydrogens (tertiary/aromatic N) is 1. The zero-order valence-electron chi connectivity index (χ0n) is 11.7. The lowest BCUT2D eigenvalue weighted by atomic mass is 10.1. The normalized spacial score (nSPS) is 16.7. The molecule has 4 heteroatoms. The van der Waals surface area contributed by atoms with Crippen molar-refractivity contribution in [2.45, 2.75) is 19.6 Å². The van der Waals surface area contributed by atoms with Crippen LogP contribution in [0.3, 0.4) is 0 Å². The summed E-state index contributed by atoms with van der Waals surface area (Å²) in [5.41, 5.74) is 2.55. The molecule has 1 aliphatic heterocycles.